The third kappa shape index (κ3) is 3.85. The Hall–Kier alpha value is -3.94. The predicted molar refractivity (Wildman–Crippen MR) is 121 cm³/mol. The molecule has 1 N–H and O–H groups in total. The van der Waals surface area contributed by atoms with Crippen LogP contribution in [0.5, 0.6) is 5.75 Å². The first-order chi connectivity index (χ1) is 16.2. The van der Waals surface area contributed by atoms with Crippen molar-refractivity contribution in [1.82, 2.24) is 14.9 Å². The first kappa shape index (κ1) is 21.9. The maximum absolute atomic E-state index is 13.6. The molecule has 5 nitrogen and oxygen atoms in total. The van der Waals surface area contributed by atoms with Gasteiger partial charge in [0.2, 0.25) is 0 Å². The summed E-state index contributed by atoms with van der Waals surface area (Å²) >= 11 is 0. The van der Waals surface area contributed by atoms with Crippen molar-refractivity contribution in [2.75, 3.05) is 6.54 Å². The van der Waals surface area contributed by atoms with Crippen molar-refractivity contribution in [1.29, 1.82) is 0 Å². The highest BCUT2D eigenvalue weighted by atomic mass is 19.4. The summed E-state index contributed by atoms with van der Waals surface area (Å²) in [6.07, 6.45) is -4.01. The molecule has 1 amide bonds. The van der Waals surface area contributed by atoms with Gasteiger partial charge in [-0.05, 0) is 42.7 Å². The number of benzene rings is 3. The minimum Gasteiger partial charge on any atom is -0.507 e. The zero-order valence-electron chi connectivity index (χ0n) is 18.2. The maximum Gasteiger partial charge on any atom is 0.416 e. The van der Waals surface area contributed by atoms with Crippen molar-refractivity contribution < 1.29 is 23.1 Å². The monoisotopic (exact) mass is 463 g/mol. The zero-order chi connectivity index (χ0) is 24.0. The standard InChI is InChI=1S/C26H20F3N3O2/c1-15-9-10-17-14-32(12-11-19(17)23(15)33)25(34)22-20-7-2-3-8-21(20)30-24(31-22)16-5-4-6-18(13-16)26(27,28)29/h2-10,13,33H,11-12,14H2,1H3. The molecule has 0 spiro atoms. The van der Waals surface area contributed by atoms with E-state index in [1.165, 1.54) is 12.1 Å². The van der Waals surface area contributed by atoms with E-state index < -0.39 is 11.7 Å². The van der Waals surface area contributed by atoms with Crippen LogP contribution in [0, 0.1) is 6.92 Å². The van der Waals surface area contributed by atoms with Gasteiger partial charge in [0.15, 0.2) is 5.82 Å². The molecule has 34 heavy (non-hydrogen) atoms. The lowest BCUT2D eigenvalue weighted by Crippen LogP contribution is -2.36. The quantitative estimate of drug-likeness (QED) is 0.425. The van der Waals surface area contributed by atoms with E-state index in [1.807, 2.05) is 19.1 Å². The number of alkyl halides is 3. The fraction of sp³-hybridized carbons (Fsp3) is 0.192. The Morgan fingerprint density at radius 2 is 1.82 bits per heavy atom. The normalized spacial score (nSPS) is 13.7. The Morgan fingerprint density at radius 1 is 1.03 bits per heavy atom. The van der Waals surface area contributed by atoms with Crippen LogP contribution in [0.25, 0.3) is 22.3 Å². The van der Waals surface area contributed by atoms with E-state index in [2.05, 4.69) is 9.97 Å². The third-order valence-corrected chi connectivity index (χ3v) is 6.12. The Kier molecular flexibility index (Phi) is 5.23. The Balaban J connectivity index is 1.57. The molecule has 1 aliphatic heterocycles. The van der Waals surface area contributed by atoms with Crippen LogP contribution in [0.4, 0.5) is 13.2 Å². The molecule has 0 aliphatic carbocycles. The van der Waals surface area contributed by atoms with E-state index in [0.717, 1.165) is 28.8 Å². The van der Waals surface area contributed by atoms with Crippen molar-refractivity contribution in [3.63, 3.8) is 0 Å². The molecule has 0 radical (unpaired) electrons. The Labute approximate surface area is 193 Å². The molecular formula is C26H20F3N3O2. The van der Waals surface area contributed by atoms with E-state index in [0.29, 0.717) is 30.4 Å². The van der Waals surface area contributed by atoms with E-state index in [-0.39, 0.29) is 28.7 Å². The van der Waals surface area contributed by atoms with Gasteiger partial charge >= 0.3 is 6.18 Å². The summed E-state index contributed by atoms with van der Waals surface area (Å²) in [6.45, 7) is 2.52. The highest BCUT2D eigenvalue weighted by Gasteiger charge is 2.31. The van der Waals surface area contributed by atoms with Gasteiger partial charge in [0.1, 0.15) is 11.4 Å². The number of hydrogen-bond donors (Lipinski definition) is 1. The van der Waals surface area contributed by atoms with Gasteiger partial charge in [-0.2, -0.15) is 13.2 Å². The number of nitrogens with zero attached hydrogens (tertiary/aromatic N) is 3. The van der Waals surface area contributed by atoms with Crippen molar-refractivity contribution in [3.05, 3.63) is 88.6 Å². The molecule has 5 rings (SSSR count). The van der Waals surface area contributed by atoms with Gasteiger partial charge in [-0.25, -0.2) is 9.97 Å². The molecular weight excluding hydrogens is 443 g/mol. The number of aryl methyl sites for hydroxylation is 1. The second-order valence-corrected chi connectivity index (χ2v) is 8.34. The first-order valence-corrected chi connectivity index (χ1v) is 10.8. The molecule has 1 aromatic heterocycles. The molecule has 2 heterocycles. The summed E-state index contributed by atoms with van der Waals surface area (Å²) in [5.74, 6) is -0.0275. The van der Waals surface area contributed by atoms with Crippen LogP contribution in [0.3, 0.4) is 0 Å². The number of amides is 1. The van der Waals surface area contributed by atoms with Gasteiger partial charge in [-0.3, -0.25) is 4.79 Å². The number of aromatic hydroxyl groups is 1. The van der Waals surface area contributed by atoms with E-state index in [1.54, 1.807) is 29.2 Å². The largest absolute Gasteiger partial charge is 0.507 e. The zero-order valence-corrected chi connectivity index (χ0v) is 18.2. The second kappa shape index (κ2) is 8.13. The predicted octanol–water partition coefficient (Wildman–Crippen LogP) is 5.53. The number of hydrogen-bond acceptors (Lipinski definition) is 4. The lowest BCUT2D eigenvalue weighted by atomic mass is 9.96. The van der Waals surface area contributed by atoms with Crippen LogP contribution in [0.2, 0.25) is 0 Å². The molecule has 0 bridgehead atoms. The SMILES string of the molecule is Cc1ccc2c(c1O)CCN(C(=O)c1nc(-c3cccc(C(F)(F)F)c3)nc3ccccc13)C2. The molecule has 3 aromatic carbocycles. The summed E-state index contributed by atoms with van der Waals surface area (Å²) in [5, 5.41) is 10.9. The van der Waals surface area contributed by atoms with Crippen LogP contribution >= 0.6 is 0 Å². The van der Waals surface area contributed by atoms with Crippen LogP contribution in [0.1, 0.15) is 32.7 Å². The van der Waals surface area contributed by atoms with Crippen LogP contribution < -0.4 is 0 Å². The molecule has 172 valence electrons. The number of carbonyl (C=O) groups is 1. The van der Waals surface area contributed by atoms with Crippen LogP contribution in [-0.4, -0.2) is 32.4 Å². The van der Waals surface area contributed by atoms with Gasteiger partial charge in [-0.15, -0.1) is 0 Å². The lowest BCUT2D eigenvalue weighted by molar-refractivity contribution is -0.137. The summed E-state index contributed by atoms with van der Waals surface area (Å²) in [5.41, 5.74) is 2.46. The molecule has 0 fully saturated rings. The van der Waals surface area contributed by atoms with Crippen LogP contribution in [-0.2, 0) is 19.1 Å². The van der Waals surface area contributed by atoms with E-state index in [4.69, 9.17) is 0 Å². The van der Waals surface area contributed by atoms with Crippen LogP contribution in [0.15, 0.2) is 60.7 Å². The molecule has 0 atom stereocenters. The first-order valence-electron chi connectivity index (χ1n) is 10.8. The van der Waals surface area contributed by atoms with Crippen molar-refractivity contribution in [2.24, 2.45) is 0 Å². The minimum atomic E-state index is -4.50. The fourth-order valence-electron chi connectivity index (χ4n) is 4.28. The summed E-state index contributed by atoms with van der Waals surface area (Å²) in [4.78, 5) is 24.1. The van der Waals surface area contributed by atoms with Gasteiger partial charge in [-0.1, -0.05) is 42.5 Å². The number of phenolic OH excluding ortho intramolecular Hbond substituents is 1. The molecule has 0 unspecified atom stereocenters. The number of phenols is 1. The third-order valence-electron chi connectivity index (χ3n) is 6.12. The number of carbonyl (C=O) groups excluding carboxylic acids is 1. The minimum absolute atomic E-state index is 0.0545. The van der Waals surface area contributed by atoms with Crippen molar-refractivity contribution in [3.8, 4) is 17.1 Å². The fourth-order valence-corrected chi connectivity index (χ4v) is 4.28. The summed E-state index contributed by atoms with van der Waals surface area (Å²) in [6, 6.07) is 15.4. The summed E-state index contributed by atoms with van der Waals surface area (Å²) in [7, 11) is 0. The summed E-state index contributed by atoms with van der Waals surface area (Å²) < 4.78 is 39.7. The van der Waals surface area contributed by atoms with Gasteiger partial charge in [0, 0.05) is 29.6 Å². The van der Waals surface area contributed by atoms with Gasteiger partial charge in [0.25, 0.3) is 5.91 Å². The maximum atomic E-state index is 13.6. The molecule has 8 heteroatoms. The average molecular weight is 463 g/mol. The Morgan fingerprint density at radius 3 is 2.62 bits per heavy atom. The number of para-hydroxylation sites is 1. The highest BCUT2D eigenvalue weighted by Crippen LogP contribution is 2.33. The number of aromatic nitrogens is 2. The highest BCUT2D eigenvalue weighted by molar-refractivity contribution is 6.05. The topological polar surface area (TPSA) is 66.3 Å². The van der Waals surface area contributed by atoms with Crippen molar-refractivity contribution in [2.45, 2.75) is 26.1 Å². The van der Waals surface area contributed by atoms with Gasteiger partial charge in [0.05, 0.1) is 11.1 Å². The van der Waals surface area contributed by atoms with E-state index >= 15 is 0 Å². The number of halogens is 3. The molecule has 4 aromatic rings. The number of rotatable bonds is 2. The number of fused-ring (bicyclic) bond motifs is 2. The second-order valence-electron chi connectivity index (χ2n) is 8.34. The Bertz CT molecular complexity index is 1430. The molecule has 0 saturated carbocycles. The smallest absolute Gasteiger partial charge is 0.416 e. The molecule has 1 aliphatic rings. The van der Waals surface area contributed by atoms with Gasteiger partial charge < -0.3 is 10.0 Å². The van der Waals surface area contributed by atoms with Crippen molar-refractivity contribution >= 4 is 16.8 Å². The average Bonchev–Trinajstić information content (AvgIpc) is 2.84. The van der Waals surface area contributed by atoms with E-state index in [9.17, 15) is 23.1 Å². The lowest BCUT2D eigenvalue weighted by Gasteiger charge is -2.29. The molecule has 0 saturated heterocycles.